The zero-order valence-corrected chi connectivity index (χ0v) is 14.0. The number of imidazole rings is 2. The number of aromatic nitrogens is 4. The van der Waals surface area contributed by atoms with Crippen molar-refractivity contribution in [2.75, 3.05) is 0 Å². The van der Waals surface area contributed by atoms with Gasteiger partial charge >= 0.3 is 0 Å². The number of fused-ring (bicyclic) bond motifs is 1. The van der Waals surface area contributed by atoms with Crippen molar-refractivity contribution < 1.29 is 4.42 Å². The van der Waals surface area contributed by atoms with E-state index >= 15 is 0 Å². The lowest BCUT2D eigenvalue weighted by atomic mass is 10.1. The van der Waals surface area contributed by atoms with E-state index in [0.29, 0.717) is 0 Å². The van der Waals surface area contributed by atoms with Gasteiger partial charge < -0.3 is 14.0 Å². The minimum Gasteiger partial charge on any atom is -0.453 e. The molecular weight excluding hydrogens is 324 g/mol. The Bertz CT molecular complexity index is 1120. The van der Waals surface area contributed by atoms with Crippen molar-refractivity contribution in [3.63, 3.8) is 0 Å². The molecule has 0 aliphatic heterocycles. The first kappa shape index (κ1) is 14.7. The summed E-state index contributed by atoms with van der Waals surface area (Å²) in [6.07, 6.45) is 5.57. The fourth-order valence-electron chi connectivity index (χ4n) is 3.06. The van der Waals surface area contributed by atoms with Crippen molar-refractivity contribution in [3.05, 3.63) is 84.9 Å². The third-order valence-corrected chi connectivity index (χ3v) is 4.39. The first-order chi connectivity index (χ1) is 12.8. The summed E-state index contributed by atoms with van der Waals surface area (Å²) in [7, 11) is 0. The highest BCUT2D eigenvalue weighted by Crippen LogP contribution is 2.28. The Morgan fingerprint density at radius 1 is 0.923 bits per heavy atom. The minimum atomic E-state index is 0.735. The van der Waals surface area contributed by atoms with Crippen LogP contribution in [0.5, 0.6) is 0 Å². The molecule has 0 saturated heterocycles. The summed E-state index contributed by atoms with van der Waals surface area (Å²) in [5, 5.41) is 0. The Labute approximate surface area is 150 Å². The van der Waals surface area contributed by atoms with Crippen LogP contribution in [0.3, 0.4) is 0 Å². The van der Waals surface area contributed by atoms with Crippen molar-refractivity contribution in [1.29, 1.82) is 0 Å². The molecule has 0 saturated carbocycles. The third-order valence-electron chi connectivity index (χ3n) is 4.39. The number of benzene rings is 2. The van der Waals surface area contributed by atoms with Gasteiger partial charge in [-0.3, -0.25) is 0 Å². The lowest BCUT2D eigenvalue weighted by molar-refractivity contribution is 0.593. The number of nitrogens with one attached hydrogen (secondary N) is 1. The maximum atomic E-state index is 6.02. The van der Waals surface area contributed by atoms with Crippen molar-refractivity contribution in [2.45, 2.75) is 6.54 Å². The highest BCUT2D eigenvalue weighted by Gasteiger charge is 2.11. The van der Waals surface area contributed by atoms with Gasteiger partial charge in [-0.05, 0) is 29.8 Å². The summed E-state index contributed by atoms with van der Waals surface area (Å²) < 4.78 is 8.07. The first-order valence-electron chi connectivity index (χ1n) is 8.45. The second kappa shape index (κ2) is 6.04. The molecule has 0 aliphatic rings. The number of hydrogen-bond acceptors (Lipinski definition) is 3. The van der Waals surface area contributed by atoms with Crippen LogP contribution in [0, 0.1) is 0 Å². The SMILES string of the molecule is c1ccc2[nH]c(-c3ccc(-c4ccc(Cn5ccnc5)cc4)o3)nc2c1. The number of aromatic amines is 1. The molecule has 1 N–H and O–H groups in total. The van der Waals surface area contributed by atoms with Crippen molar-refractivity contribution in [2.24, 2.45) is 0 Å². The average molecular weight is 340 g/mol. The van der Waals surface area contributed by atoms with Gasteiger partial charge in [0.2, 0.25) is 0 Å². The second-order valence-corrected chi connectivity index (χ2v) is 6.20. The van der Waals surface area contributed by atoms with Crippen LogP contribution in [-0.4, -0.2) is 19.5 Å². The van der Waals surface area contributed by atoms with Crippen LogP contribution in [0.4, 0.5) is 0 Å². The predicted molar refractivity (Wildman–Crippen MR) is 101 cm³/mol. The molecule has 0 fully saturated rings. The van der Waals surface area contributed by atoms with Crippen LogP contribution in [0.15, 0.2) is 83.8 Å². The fraction of sp³-hybridized carbons (Fsp3) is 0.0476. The van der Waals surface area contributed by atoms with Crippen LogP contribution < -0.4 is 0 Å². The lowest BCUT2D eigenvalue weighted by Crippen LogP contribution is -1.95. The summed E-state index contributed by atoms with van der Waals surface area (Å²) >= 11 is 0. The Balaban J connectivity index is 1.40. The summed E-state index contributed by atoms with van der Waals surface area (Å²) in [5.41, 5.74) is 4.20. The summed E-state index contributed by atoms with van der Waals surface area (Å²) in [6, 6.07) is 20.3. The standard InChI is InChI=1S/C21H16N4O/c1-2-4-18-17(3-1)23-21(24-18)20-10-9-19(26-20)16-7-5-15(6-8-16)13-25-12-11-22-14-25/h1-12,14H,13H2,(H,23,24). The Morgan fingerprint density at radius 3 is 2.58 bits per heavy atom. The Hall–Kier alpha value is -3.60. The van der Waals surface area contributed by atoms with Gasteiger partial charge in [-0.1, -0.05) is 36.4 Å². The number of hydrogen-bond donors (Lipinski definition) is 1. The number of para-hydroxylation sites is 2. The largest absolute Gasteiger partial charge is 0.453 e. The van der Waals surface area contributed by atoms with Crippen LogP contribution in [0.2, 0.25) is 0 Å². The second-order valence-electron chi connectivity index (χ2n) is 6.20. The average Bonchev–Trinajstić information content (AvgIpc) is 3.42. The monoisotopic (exact) mass is 340 g/mol. The number of rotatable bonds is 4. The summed E-state index contributed by atoms with van der Waals surface area (Å²) in [4.78, 5) is 12.0. The van der Waals surface area contributed by atoms with Gasteiger partial charge in [0.15, 0.2) is 11.6 Å². The highest BCUT2D eigenvalue weighted by atomic mass is 16.3. The van der Waals surface area contributed by atoms with E-state index in [0.717, 1.165) is 40.5 Å². The van der Waals surface area contributed by atoms with Gasteiger partial charge in [0, 0.05) is 24.5 Å². The normalized spacial score (nSPS) is 11.2. The van der Waals surface area contributed by atoms with Gasteiger partial charge in [0.1, 0.15) is 5.76 Å². The van der Waals surface area contributed by atoms with E-state index in [4.69, 9.17) is 4.42 Å². The molecule has 0 bridgehead atoms. The molecule has 0 spiro atoms. The zero-order chi connectivity index (χ0) is 17.3. The molecule has 0 unspecified atom stereocenters. The Morgan fingerprint density at radius 2 is 1.77 bits per heavy atom. The Kier molecular flexibility index (Phi) is 3.42. The number of H-pyrrole nitrogens is 1. The first-order valence-corrected chi connectivity index (χ1v) is 8.45. The highest BCUT2D eigenvalue weighted by molar-refractivity contribution is 5.78. The van der Waals surface area contributed by atoms with E-state index in [9.17, 15) is 0 Å². The van der Waals surface area contributed by atoms with Crippen molar-refractivity contribution in [3.8, 4) is 22.9 Å². The van der Waals surface area contributed by atoms with E-state index in [2.05, 4.69) is 39.2 Å². The fourth-order valence-corrected chi connectivity index (χ4v) is 3.06. The molecule has 3 aromatic heterocycles. The summed E-state index contributed by atoms with van der Waals surface area (Å²) in [5.74, 6) is 2.31. The molecule has 0 amide bonds. The van der Waals surface area contributed by atoms with Gasteiger partial charge in [-0.2, -0.15) is 0 Å². The van der Waals surface area contributed by atoms with E-state index < -0.39 is 0 Å². The molecular formula is C21H16N4O. The van der Waals surface area contributed by atoms with Crippen LogP contribution in [-0.2, 0) is 6.54 Å². The minimum absolute atomic E-state index is 0.735. The molecule has 5 heteroatoms. The molecule has 5 nitrogen and oxygen atoms in total. The molecule has 3 heterocycles. The van der Waals surface area contributed by atoms with E-state index in [1.54, 1.807) is 6.20 Å². The maximum absolute atomic E-state index is 6.02. The molecule has 5 aromatic rings. The molecule has 126 valence electrons. The molecule has 0 atom stereocenters. The van der Waals surface area contributed by atoms with Gasteiger partial charge in [-0.25, -0.2) is 9.97 Å². The van der Waals surface area contributed by atoms with Crippen LogP contribution in [0.25, 0.3) is 33.9 Å². The van der Waals surface area contributed by atoms with Gasteiger partial charge in [-0.15, -0.1) is 0 Å². The zero-order valence-electron chi connectivity index (χ0n) is 14.0. The lowest BCUT2D eigenvalue weighted by Gasteiger charge is -2.03. The number of furan rings is 1. The molecule has 5 rings (SSSR count). The molecule has 26 heavy (non-hydrogen) atoms. The smallest absolute Gasteiger partial charge is 0.174 e. The quantitative estimate of drug-likeness (QED) is 0.514. The predicted octanol–water partition coefficient (Wildman–Crippen LogP) is 4.73. The van der Waals surface area contributed by atoms with Crippen molar-refractivity contribution >= 4 is 11.0 Å². The molecule has 0 aliphatic carbocycles. The van der Waals surface area contributed by atoms with E-state index in [1.165, 1.54) is 5.56 Å². The van der Waals surface area contributed by atoms with Crippen LogP contribution in [0.1, 0.15) is 5.56 Å². The van der Waals surface area contributed by atoms with Crippen LogP contribution >= 0.6 is 0 Å². The van der Waals surface area contributed by atoms with E-state index in [1.807, 2.05) is 53.5 Å². The van der Waals surface area contributed by atoms with Gasteiger partial charge in [0.25, 0.3) is 0 Å². The topological polar surface area (TPSA) is 59.6 Å². The third kappa shape index (κ3) is 2.69. The molecule has 0 radical (unpaired) electrons. The van der Waals surface area contributed by atoms with E-state index in [-0.39, 0.29) is 0 Å². The van der Waals surface area contributed by atoms with Crippen molar-refractivity contribution in [1.82, 2.24) is 19.5 Å². The maximum Gasteiger partial charge on any atom is 0.174 e. The van der Waals surface area contributed by atoms with Gasteiger partial charge in [0.05, 0.1) is 17.4 Å². The molecule has 2 aromatic carbocycles. The summed E-state index contributed by atoms with van der Waals surface area (Å²) in [6.45, 7) is 0.808. The number of nitrogens with zero attached hydrogens (tertiary/aromatic N) is 3.